The van der Waals surface area contributed by atoms with Crippen LogP contribution in [0.1, 0.15) is 24.5 Å². The van der Waals surface area contributed by atoms with Crippen molar-refractivity contribution in [3.05, 3.63) is 34.4 Å². The lowest BCUT2D eigenvalue weighted by molar-refractivity contribution is 0.130. The van der Waals surface area contributed by atoms with Crippen molar-refractivity contribution in [3.63, 3.8) is 0 Å². The Balaban J connectivity index is 1.20. The summed E-state index contributed by atoms with van der Waals surface area (Å²) >= 11 is 6.38. The highest BCUT2D eigenvalue weighted by molar-refractivity contribution is 6.30. The Labute approximate surface area is 187 Å². The number of halogens is 1. The summed E-state index contributed by atoms with van der Waals surface area (Å²) in [7, 11) is 0. The Morgan fingerprint density at radius 2 is 2.35 bits per heavy atom. The van der Waals surface area contributed by atoms with Crippen molar-refractivity contribution < 1.29 is 14.3 Å². The molecule has 0 radical (unpaired) electrons. The highest BCUT2D eigenvalue weighted by Crippen LogP contribution is 2.33. The fraction of sp³-hybridized carbons (Fsp3) is 0.571. The summed E-state index contributed by atoms with van der Waals surface area (Å²) in [5.41, 5.74) is 8.05. The van der Waals surface area contributed by atoms with Crippen molar-refractivity contribution >= 4 is 23.9 Å². The van der Waals surface area contributed by atoms with Gasteiger partial charge in [0.15, 0.2) is 5.82 Å². The van der Waals surface area contributed by atoms with E-state index in [1.54, 1.807) is 17.3 Å². The molecule has 0 saturated carbocycles. The van der Waals surface area contributed by atoms with Crippen molar-refractivity contribution in [2.45, 2.75) is 38.3 Å². The molecule has 31 heavy (non-hydrogen) atoms. The Bertz CT molecular complexity index is 875. The van der Waals surface area contributed by atoms with Gasteiger partial charge in [0, 0.05) is 31.1 Å². The Kier molecular flexibility index (Phi) is 6.94. The zero-order valence-electron chi connectivity index (χ0n) is 17.6. The molecule has 3 aliphatic rings. The predicted octanol–water partition coefficient (Wildman–Crippen LogP) is 1.45. The average Bonchev–Trinajstić information content (AvgIpc) is 3.33. The van der Waals surface area contributed by atoms with Gasteiger partial charge in [-0.15, -0.1) is 0 Å². The molecule has 1 fully saturated rings. The lowest BCUT2D eigenvalue weighted by Gasteiger charge is -2.16. The third kappa shape index (κ3) is 5.47. The first-order valence-electron chi connectivity index (χ1n) is 10.7. The molecule has 168 valence electrons. The van der Waals surface area contributed by atoms with E-state index in [9.17, 15) is 4.79 Å². The number of nitrogens with zero attached hydrogens (tertiary/aromatic N) is 3. The molecular formula is C21H29ClN6O3. The number of pyridine rings is 1. The summed E-state index contributed by atoms with van der Waals surface area (Å²) < 4.78 is 11.1. The van der Waals surface area contributed by atoms with Gasteiger partial charge in [0.1, 0.15) is 17.9 Å². The summed E-state index contributed by atoms with van der Waals surface area (Å²) in [4.78, 5) is 22.3. The fourth-order valence-electron chi connectivity index (χ4n) is 4.02. The molecule has 2 aliphatic heterocycles. The Morgan fingerprint density at radius 3 is 3.13 bits per heavy atom. The number of hydrogen-bond acceptors (Lipinski definition) is 8. The summed E-state index contributed by atoms with van der Waals surface area (Å²) in [6.07, 6.45) is 5.59. The molecule has 0 aromatic carbocycles. The number of carbonyl (C=O) groups is 1. The van der Waals surface area contributed by atoms with Crippen molar-refractivity contribution in [2.24, 2.45) is 16.6 Å². The number of fused-ring (bicyclic) bond motifs is 1. The van der Waals surface area contributed by atoms with Crippen LogP contribution in [0.15, 0.2) is 23.1 Å². The maximum absolute atomic E-state index is 12.1. The van der Waals surface area contributed by atoms with Crippen molar-refractivity contribution in [1.82, 2.24) is 20.5 Å². The van der Waals surface area contributed by atoms with Crippen LogP contribution in [0.25, 0.3) is 0 Å². The normalized spacial score (nSPS) is 23.3. The van der Waals surface area contributed by atoms with Gasteiger partial charge in [-0.2, -0.15) is 0 Å². The minimum atomic E-state index is -0.340. The first-order valence-corrected chi connectivity index (χ1v) is 11.1. The van der Waals surface area contributed by atoms with Crippen LogP contribution < -0.4 is 21.1 Å². The van der Waals surface area contributed by atoms with Crippen LogP contribution in [-0.2, 0) is 17.6 Å². The van der Waals surface area contributed by atoms with Gasteiger partial charge in [-0.25, -0.2) is 14.8 Å². The smallest absolute Gasteiger partial charge is 0.415 e. The molecule has 1 amide bonds. The lowest BCUT2D eigenvalue weighted by atomic mass is 10.1. The lowest BCUT2D eigenvalue weighted by Crippen LogP contribution is -2.29. The van der Waals surface area contributed by atoms with E-state index in [2.05, 4.69) is 20.6 Å². The molecule has 4 N–H and O–H groups in total. The van der Waals surface area contributed by atoms with Crippen LogP contribution in [0.3, 0.4) is 0 Å². The van der Waals surface area contributed by atoms with Crippen LogP contribution in [0.2, 0.25) is 5.15 Å². The maximum atomic E-state index is 12.1. The second-order valence-electron chi connectivity index (χ2n) is 8.28. The van der Waals surface area contributed by atoms with Crippen LogP contribution in [0.4, 0.5) is 4.79 Å². The monoisotopic (exact) mass is 448 g/mol. The second kappa shape index (κ2) is 9.84. The molecule has 1 aromatic rings. The topological polar surface area (TPSA) is 114 Å². The third-order valence-electron chi connectivity index (χ3n) is 5.53. The fourth-order valence-corrected chi connectivity index (χ4v) is 4.31. The van der Waals surface area contributed by atoms with Crippen molar-refractivity contribution in [3.8, 4) is 5.88 Å². The number of nitrogens with two attached hydrogens (primary N) is 1. The Morgan fingerprint density at radius 1 is 1.48 bits per heavy atom. The van der Waals surface area contributed by atoms with Crippen LogP contribution in [0, 0.1) is 5.92 Å². The highest BCUT2D eigenvalue weighted by atomic mass is 35.5. The highest BCUT2D eigenvalue weighted by Gasteiger charge is 2.33. The van der Waals surface area contributed by atoms with Gasteiger partial charge >= 0.3 is 6.09 Å². The standard InChI is InChI=1S/C21H29ClN6O3/c1-13(23)12-30-19-8-15-6-14(7-17(15)20(22)27-19)9-24-3-2-16-11-28(21(29)31-16)18-10-25-4-5-26-18/h5,8,10,13-14,16,24-25H,2-4,6-7,9,11-12,23H2,1H3. The third-order valence-corrected chi connectivity index (χ3v) is 5.84. The number of cyclic esters (lactones) is 1. The number of aromatic nitrogens is 1. The first kappa shape index (κ1) is 21.9. The summed E-state index contributed by atoms with van der Waals surface area (Å²) in [6.45, 7) is 5.13. The molecule has 10 heteroatoms. The zero-order valence-corrected chi connectivity index (χ0v) is 18.4. The molecule has 1 aliphatic carbocycles. The van der Waals surface area contributed by atoms with E-state index in [0.717, 1.165) is 37.9 Å². The number of nitrogens with one attached hydrogen (secondary N) is 2. The summed E-state index contributed by atoms with van der Waals surface area (Å²) in [6, 6.07) is 1.92. The quantitative estimate of drug-likeness (QED) is 0.387. The van der Waals surface area contributed by atoms with E-state index >= 15 is 0 Å². The number of carbonyl (C=O) groups excluding carboxylic acids is 1. The van der Waals surface area contributed by atoms with Gasteiger partial charge in [0.05, 0.1) is 6.54 Å². The van der Waals surface area contributed by atoms with E-state index in [-0.39, 0.29) is 18.2 Å². The van der Waals surface area contributed by atoms with Gasteiger partial charge in [-0.1, -0.05) is 11.6 Å². The molecule has 1 aromatic heterocycles. The average molecular weight is 449 g/mol. The van der Waals surface area contributed by atoms with E-state index in [4.69, 9.17) is 26.8 Å². The number of ether oxygens (including phenoxy) is 2. The number of rotatable bonds is 9. The summed E-state index contributed by atoms with van der Waals surface area (Å²) in [5, 5.41) is 7.07. The largest absolute Gasteiger partial charge is 0.476 e. The molecule has 0 spiro atoms. The van der Waals surface area contributed by atoms with Crippen LogP contribution in [-0.4, -0.2) is 67.1 Å². The number of aliphatic imine (C=N–C) groups is 1. The molecule has 3 atom stereocenters. The van der Waals surface area contributed by atoms with E-state index < -0.39 is 0 Å². The van der Waals surface area contributed by atoms with Gasteiger partial charge in [-0.05, 0) is 56.3 Å². The second-order valence-corrected chi connectivity index (χ2v) is 8.64. The SMILES string of the molecule is CC(N)COc1cc2c(c(Cl)n1)CC(CNCCC1CN(C3=CNCC=N3)C(=O)O1)C2. The zero-order chi connectivity index (χ0) is 21.8. The molecular weight excluding hydrogens is 420 g/mol. The van der Waals surface area contributed by atoms with Crippen LogP contribution >= 0.6 is 11.6 Å². The predicted molar refractivity (Wildman–Crippen MR) is 118 cm³/mol. The summed E-state index contributed by atoms with van der Waals surface area (Å²) in [5.74, 6) is 1.59. The maximum Gasteiger partial charge on any atom is 0.415 e. The molecule has 0 bridgehead atoms. The van der Waals surface area contributed by atoms with Gasteiger partial charge in [0.25, 0.3) is 0 Å². The van der Waals surface area contributed by atoms with Gasteiger partial charge in [-0.3, -0.25) is 4.90 Å². The first-order chi connectivity index (χ1) is 15.0. The van der Waals surface area contributed by atoms with E-state index in [0.29, 0.717) is 42.5 Å². The van der Waals surface area contributed by atoms with Gasteiger partial charge < -0.3 is 25.8 Å². The minimum absolute atomic E-state index is 0.0548. The van der Waals surface area contributed by atoms with E-state index in [1.807, 2.05) is 13.0 Å². The van der Waals surface area contributed by atoms with Crippen LogP contribution in [0.5, 0.6) is 5.88 Å². The minimum Gasteiger partial charge on any atom is -0.476 e. The van der Waals surface area contributed by atoms with Crippen molar-refractivity contribution in [2.75, 3.05) is 32.8 Å². The molecule has 1 saturated heterocycles. The molecule has 4 rings (SSSR count). The van der Waals surface area contributed by atoms with Crippen molar-refractivity contribution in [1.29, 1.82) is 0 Å². The number of hydrogen-bond donors (Lipinski definition) is 3. The van der Waals surface area contributed by atoms with E-state index in [1.165, 1.54) is 5.56 Å². The number of amides is 1. The Hall–Kier alpha value is -2.36. The molecule has 9 nitrogen and oxygen atoms in total. The molecule has 3 heterocycles. The van der Waals surface area contributed by atoms with Gasteiger partial charge in [0.2, 0.25) is 5.88 Å². The molecule has 3 unspecified atom stereocenters.